The van der Waals surface area contributed by atoms with Gasteiger partial charge in [-0.3, -0.25) is 0 Å². The average molecular weight is 347 g/mol. The van der Waals surface area contributed by atoms with Crippen molar-refractivity contribution in [2.24, 2.45) is 0 Å². The molecule has 0 atom stereocenters. The normalized spacial score (nSPS) is 10.3. The first-order valence-corrected chi connectivity index (χ1v) is 7.38. The second kappa shape index (κ2) is 10.7. The second-order valence-electron chi connectivity index (χ2n) is 3.94. The first kappa shape index (κ1) is 16.9. The molecule has 112 valence electrons. The van der Waals surface area contributed by atoms with Gasteiger partial charge in [-0.05, 0) is 11.1 Å². The Kier molecular flexibility index (Phi) is 9.02. The molecule has 0 aliphatic carbocycles. The standard InChI is InChI=1S/C14H19BrO5/c1-17-6-7-18-8-9-19-14(16)20-11-13-4-2-12(10-15)3-5-13/h2-5H,6-11H2,1H3. The summed E-state index contributed by atoms with van der Waals surface area (Å²) in [5.74, 6) is 0. The van der Waals surface area contributed by atoms with Gasteiger partial charge in [0.2, 0.25) is 0 Å². The Morgan fingerprint density at radius 3 is 2.30 bits per heavy atom. The average Bonchev–Trinajstić information content (AvgIpc) is 2.49. The Balaban J connectivity index is 2.10. The molecular formula is C14H19BrO5. The zero-order chi connectivity index (χ0) is 14.6. The number of alkyl halides is 1. The Hall–Kier alpha value is -1.11. The molecule has 0 saturated carbocycles. The van der Waals surface area contributed by atoms with Crippen LogP contribution in [0.2, 0.25) is 0 Å². The Bertz CT molecular complexity index is 380. The summed E-state index contributed by atoms with van der Waals surface area (Å²) in [5, 5.41) is 0.805. The third kappa shape index (κ3) is 7.47. The van der Waals surface area contributed by atoms with E-state index >= 15 is 0 Å². The Morgan fingerprint density at radius 1 is 1.00 bits per heavy atom. The van der Waals surface area contributed by atoms with Gasteiger partial charge in [-0.1, -0.05) is 40.2 Å². The first-order chi connectivity index (χ1) is 9.76. The number of rotatable bonds is 9. The summed E-state index contributed by atoms with van der Waals surface area (Å²) in [6.07, 6.45) is -0.690. The Morgan fingerprint density at radius 2 is 1.65 bits per heavy atom. The molecule has 6 heteroatoms. The quantitative estimate of drug-likeness (QED) is 0.391. The van der Waals surface area contributed by atoms with Gasteiger partial charge in [-0.15, -0.1) is 0 Å². The monoisotopic (exact) mass is 346 g/mol. The lowest BCUT2D eigenvalue weighted by Crippen LogP contribution is -2.13. The molecular weight excluding hydrogens is 328 g/mol. The molecule has 1 rings (SSSR count). The van der Waals surface area contributed by atoms with Crippen molar-refractivity contribution in [3.8, 4) is 0 Å². The highest BCUT2D eigenvalue weighted by Gasteiger charge is 2.04. The maximum absolute atomic E-state index is 11.3. The van der Waals surface area contributed by atoms with Crippen LogP contribution in [0, 0.1) is 0 Å². The summed E-state index contributed by atoms with van der Waals surface area (Å²) in [4.78, 5) is 11.3. The molecule has 0 aliphatic heterocycles. The van der Waals surface area contributed by atoms with Crippen LogP contribution in [-0.2, 0) is 30.9 Å². The molecule has 0 aromatic heterocycles. The minimum absolute atomic E-state index is 0.172. The molecule has 0 radical (unpaired) electrons. The number of ether oxygens (including phenoxy) is 4. The fourth-order valence-corrected chi connectivity index (χ4v) is 1.71. The van der Waals surface area contributed by atoms with Gasteiger partial charge < -0.3 is 18.9 Å². The second-order valence-corrected chi connectivity index (χ2v) is 4.50. The zero-order valence-corrected chi connectivity index (χ0v) is 13.1. The minimum Gasteiger partial charge on any atom is -0.432 e. The molecule has 0 saturated heterocycles. The number of halogens is 1. The third-order valence-corrected chi connectivity index (χ3v) is 3.06. The van der Waals surface area contributed by atoms with Crippen molar-refractivity contribution in [1.82, 2.24) is 0 Å². The first-order valence-electron chi connectivity index (χ1n) is 6.26. The van der Waals surface area contributed by atoms with E-state index in [1.54, 1.807) is 7.11 Å². The van der Waals surface area contributed by atoms with Crippen molar-refractivity contribution >= 4 is 22.1 Å². The number of carbonyl (C=O) groups is 1. The number of carbonyl (C=O) groups excluding carboxylic acids is 1. The molecule has 0 heterocycles. The highest BCUT2D eigenvalue weighted by molar-refractivity contribution is 9.08. The van der Waals surface area contributed by atoms with Crippen LogP contribution >= 0.6 is 15.9 Å². The lowest BCUT2D eigenvalue weighted by atomic mass is 10.2. The van der Waals surface area contributed by atoms with Gasteiger partial charge in [0.15, 0.2) is 0 Å². The van der Waals surface area contributed by atoms with Crippen LogP contribution in [0.25, 0.3) is 0 Å². The number of benzene rings is 1. The highest BCUT2D eigenvalue weighted by Crippen LogP contribution is 2.09. The molecule has 0 fully saturated rings. The summed E-state index contributed by atoms with van der Waals surface area (Å²) < 4.78 is 19.8. The van der Waals surface area contributed by atoms with E-state index in [0.717, 1.165) is 10.9 Å². The minimum atomic E-state index is -0.690. The van der Waals surface area contributed by atoms with Crippen LogP contribution in [0.1, 0.15) is 11.1 Å². The Labute approximate surface area is 127 Å². The molecule has 5 nitrogen and oxygen atoms in total. The third-order valence-electron chi connectivity index (χ3n) is 2.41. The van der Waals surface area contributed by atoms with E-state index in [1.165, 1.54) is 5.56 Å². The summed E-state index contributed by atoms with van der Waals surface area (Å²) in [5.41, 5.74) is 2.09. The lowest BCUT2D eigenvalue weighted by molar-refractivity contribution is 0.0130. The number of hydrogen-bond acceptors (Lipinski definition) is 5. The van der Waals surface area contributed by atoms with Crippen molar-refractivity contribution in [3.05, 3.63) is 35.4 Å². The molecule has 0 spiro atoms. The predicted molar refractivity (Wildman–Crippen MR) is 77.9 cm³/mol. The molecule has 0 N–H and O–H groups in total. The summed E-state index contributed by atoms with van der Waals surface area (Å²) in [6.45, 7) is 1.71. The van der Waals surface area contributed by atoms with Gasteiger partial charge >= 0.3 is 6.16 Å². The zero-order valence-electron chi connectivity index (χ0n) is 11.5. The number of methoxy groups -OCH3 is 1. The molecule has 0 unspecified atom stereocenters. The van der Waals surface area contributed by atoms with Gasteiger partial charge in [0.25, 0.3) is 0 Å². The van der Waals surface area contributed by atoms with E-state index < -0.39 is 6.16 Å². The maximum Gasteiger partial charge on any atom is 0.508 e. The van der Waals surface area contributed by atoms with Crippen molar-refractivity contribution in [1.29, 1.82) is 0 Å². The topological polar surface area (TPSA) is 54.0 Å². The van der Waals surface area contributed by atoms with Crippen LogP contribution in [0.4, 0.5) is 4.79 Å². The highest BCUT2D eigenvalue weighted by atomic mass is 79.9. The van der Waals surface area contributed by atoms with Crippen LogP contribution in [0.15, 0.2) is 24.3 Å². The molecule has 1 aromatic carbocycles. The van der Waals surface area contributed by atoms with Crippen molar-refractivity contribution in [3.63, 3.8) is 0 Å². The van der Waals surface area contributed by atoms with Crippen molar-refractivity contribution < 1.29 is 23.7 Å². The van der Waals surface area contributed by atoms with Gasteiger partial charge in [0, 0.05) is 12.4 Å². The van der Waals surface area contributed by atoms with E-state index in [0.29, 0.717) is 19.8 Å². The lowest BCUT2D eigenvalue weighted by Gasteiger charge is -2.07. The fourth-order valence-electron chi connectivity index (χ4n) is 1.34. The SMILES string of the molecule is COCCOCCOC(=O)OCc1ccc(CBr)cc1. The molecule has 0 bridgehead atoms. The molecule has 0 aliphatic rings. The van der Waals surface area contributed by atoms with Crippen molar-refractivity contribution in [2.75, 3.05) is 33.5 Å². The van der Waals surface area contributed by atoms with Crippen LogP contribution in [0.5, 0.6) is 0 Å². The van der Waals surface area contributed by atoms with Crippen molar-refractivity contribution in [2.45, 2.75) is 11.9 Å². The van der Waals surface area contributed by atoms with E-state index in [4.69, 9.17) is 18.9 Å². The summed E-state index contributed by atoms with van der Waals surface area (Å²) >= 11 is 3.37. The van der Waals surface area contributed by atoms with Crippen LogP contribution in [0.3, 0.4) is 0 Å². The van der Waals surface area contributed by atoms with E-state index in [9.17, 15) is 4.79 Å². The smallest absolute Gasteiger partial charge is 0.432 e. The fraction of sp³-hybridized carbons (Fsp3) is 0.500. The van der Waals surface area contributed by atoms with Gasteiger partial charge in [0.05, 0.1) is 19.8 Å². The summed E-state index contributed by atoms with van der Waals surface area (Å²) in [6, 6.07) is 7.78. The van der Waals surface area contributed by atoms with E-state index in [-0.39, 0.29) is 13.2 Å². The molecule has 20 heavy (non-hydrogen) atoms. The van der Waals surface area contributed by atoms with Gasteiger partial charge in [-0.2, -0.15) is 0 Å². The van der Waals surface area contributed by atoms with E-state index in [1.807, 2.05) is 24.3 Å². The molecule has 1 aromatic rings. The van der Waals surface area contributed by atoms with Crippen LogP contribution < -0.4 is 0 Å². The summed E-state index contributed by atoms with van der Waals surface area (Å²) in [7, 11) is 1.60. The number of hydrogen-bond donors (Lipinski definition) is 0. The van der Waals surface area contributed by atoms with E-state index in [2.05, 4.69) is 15.9 Å². The van der Waals surface area contributed by atoms with Crippen LogP contribution in [-0.4, -0.2) is 39.7 Å². The van der Waals surface area contributed by atoms with Gasteiger partial charge in [0.1, 0.15) is 13.2 Å². The largest absolute Gasteiger partial charge is 0.508 e. The maximum atomic E-state index is 11.3. The van der Waals surface area contributed by atoms with Gasteiger partial charge in [-0.25, -0.2) is 4.79 Å². The molecule has 0 amide bonds. The predicted octanol–water partition coefficient (Wildman–Crippen LogP) is 2.90.